The standard InChI is InChI=1S/C28H37N3O5/c1-19-15-20(2)17-22(16-19)30-25(32)18-21-8-10-23(11-9-21)36-28(12-4-5-13-28)27(35)31-24(26(33)34)7-3-6-14-29/h8-11,15-17,24H,3-7,12-14,18,29H2,1-2H3,(H,30,32)(H,31,35)(H,33,34)/t24-/m1/s1. The lowest BCUT2D eigenvalue weighted by Gasteiger charge is -2.30. The summed E-state index contributed by atoms with van der Waals surface area (Å²) in [6, 6.07) is 12.1. The van der Waals surface area contributed by atoms with Crippen LogP contribution in [0.4, 0.5) is 5.69 Å². The minimum Gasteiger partial charge on any atom is -0.480 e. The number of nitrogens with two attached hydrogens (primary N) is 1. The third-order valence-corrected chi connectivity index (χ3v) is 6.48. The summed E-state index contributed by atoms with van der Waals surface area (Å²) in [7, 11) is 0. The van der Waals surface area contributed by atoms with E-state index in [9.17, 15) is 19.5 Å². The molecule has 1 aliphatic carbocycles. The second kappa shape index (κ2) is 12.5. The molecule has 0 spiro atoms. The average molecular weight is 496 g/mol. The average Bonchev–Trinajstić information content (AvgIpc) is 3.28. The van der Waals surface area contributed by atoms with Gasteiger partial charge in [-0.05, 0) is 106 Å². The number of rotatable bonds is 12. The van der Waals surface area contributed by atoms with Gasteiger partial charge in [-0.15, -0.1) is 0 Å². The summed E-state index contributed by atoms with van der Waals surface area (Å²) < 4.78 is 6.19. The van der Waals surface area contributed by atoms with Crippen molar-refractivity contribution in [2.75, 3.05) is 11.9 Å². The molecule has 3 rings (SSSR count). The molecular formula is C28H37N3O5. The SMILES string of the molecule is Cc1cc(C)cc(NC(=O)Cc2ccc(OC3(C(=O)N[C@H](CCCCN)C(=O)O)CCCC3)cc2)c1. The number of hydrogen-bond donors (Lipinski definition) is 4. The molecule has 194 valence electrons. The van der Waals surface area contributed by atoms with E-state index in [2.05, 4.69) is 16.7 Å². The van der Waals surface area contributed by atoms with E-state index in [1.54, 1.807) is 12.1 Å². The molecule has 2 amide bonds. The molecular weight excluding hydrogens is 458 g/mol. The highest BCUT2D eigenvalue weighted by molar-refractivity contribution is 5.92. The van der Waals surface area contributed by atoms with E-state index in [0.29, 0.717) is 44.4 Å². The number of carboxylic acids is 1. The summed E-state index contributed by atoms with van der Waals surface area (Å²) in [5.41, 5.74) is 8.17. The Morgan fingerprint density at radius 2 is 1.67 bits per heavy atom. The van der Waals surface area contributed by atoms with Crippen molar-refractivity contribution in [1.82, 2.24) is 5.32 Å². The normalized spacial score (nSPS) is 15.2. The quantitative estimate of drug-likeness (QED) is 0.331. The zero-order chi connectivity index (χ0) is 26.1. The highest BCUT2D eigenvalue weighted by atomic mass is 16.5. The van der Waals surface area contributed by atoms with E-state index in [-0.39, 0.29) is 12.3 Å². The summed E-state index contributed by atoms with van der Waals surface area (Å²) in [4.78, 5) is 37.3. The Bertz CT molecular complexity index is 1040. The van der Waals surface area contributed by atoms with Crippen LogP contribution < -0.4 is 21.1 Å². The maximum atomic E-state index is 13.2. The lowest BCUT2D eigenvalue weighted by Crippen LogP contribution is -2.54. The molecule has 0 radical (unpaired) electrons. The van der Waals surface area contributed by atoms with Gasteiger partial charge in [-0.3, -0.25) is 9.59 Å². The first-order chi connectivity index (χ1) is 17.2. The minimum atomic E-state index is -1.09. The zero-order valence-electron chi connectivity index (χ0n) is 21.1. The highest BCUT2D eigenvalue weighted by Gasteiger charge is 2.44. The van der Waals surface area contributed by atoms with Crippen LogP contribution in [-0.4, -0.2) is 41.1 Å². The van der Waals surface area contributed by atoms with Crippen molar-refractivity contribution >= 4 is 23.5 Å². The third kappa shape index (κ3) is 7.55. The Hall–Kier alpha value is -3.39. The van der Waals surface area contributed by atoms with E-state index in [1.807, 2.05) is 38.1 Å². The topological polar surface area (TPSA) is 131 Å². The van der Waals surface area contributed by atoms with E-state index < -0.39 is 23.5 Å². The van der Waals surface area contributed by atoms with Gasteiger partial charge in [-0.25, -0.2) is 4.79 Å². The molecule has 1 aliphatic rings. The smallest absolute Gasteiger partial charge is 0.326 e. The number of carbonyl (C=O) groups excluding carboxylic acids is 2. The molecule has 0 unspecified atom stereocenters. The number of unbranched alkanes of at least 4 members (excludes halogenated alkanes) is 1. The molecule has 0 heterocycles. The summed E-state index contributed by atoms with van der Waals surface area (Å²) >= 11 is 0. The van der Waals surface area contributed by atoms with Crippen molar-refractivity contribution < 1.29 is 24.2 Å². The molecule has 1 fully saturated rings. The highest BCUT2D eigenvalue weighted by Crippen LogP contribution is 2.35. The molecule has 0 aromatic heterocycles. The van der Waals surface area contributed by atoms with Crippen LogP contribution in [0.5, 0.6) is 5.75 Å². The van der Waals surface area contributed by atoms with Crippen molar-refractivity contribution in [3.05, 3.63) is 59.2 Å². The van der Waals surface area contributed by atoms with E-state index >= 15 is 0 Å². The Balaban J connectivity index is 1.62. The number of aliphatic carboxylic acids is 1. The fraction of sp³-hybridized carbons (Fsp3) is 0.464. The van der Waals surface area contributed by atoms with Gasteiger partial charge in [0.05, 0.1) is 6.42 Å². The molecule has 2 aromatic rings. The Morgan fingerprint density at radius 3 is 2.25 bits per heavy atom. The van der Waals surface area contributed by atoms with Crippen LogP contribution in [0.3, 0.4) is 0 Å². The summed E-state index contributed by atoms with van der Waals surface area (Å²) in [6.07, 6.45) is 4.57. The summed E-state index contributed by atoms with van der Waals surface area (Å²) in [5, 5.41) is 15.2. The number of anilines is 1. The maximum Gasteiger partial charge on any atom is 0.326 e. The molecule has 0 bridgehead atoms. The first-order valence-corrected chi connectivity index (χ1v) is 12.6. The largest absolute Gasteiger partial charge is 0.480 e. The number of ether oxygens (including phenoxy) is 1. The number of nitrogens with one attached hydrogen (secondary N) is 2. The van der Waals surface area contributed by atoms with E-state index in [4.69, 9.17) is 10.5 Å². The van der Waals surface area contributed by atoms with Crippen LogP contribution in [0.15, 0.2) is 42.5 Å². The van der Waals surface area contributed by atoms with Crippen LogP contribution in [0, 0.1) is 13.8 Å². The van der Waals surface area contributed by atoms with Crippen LogP contribution in [-0.2, 0) is 20.8 Å². The van der Waals surface area contributed by atoms with Gasteiger partial charge in [0.2, 0.25) is 5.91 Å². The molecule has 8 heteroatoms. The van der Waals surface area contributed by atoms with Gasteiger partial charge in [0.25, 0.3) is 5.91 Å². The zero-order valence-corrected chi connectivity index (χ0v) is 21.1. The Labute approximate surface area is 212 Å². The summed E-state index contributed by atoms with van der Waals surface area (Å²) in [5.74, 6) is -1.05. The molecule has 2 aromatic carbocycles. The van der Waals surface area contributed by atoms with Crippen LogP contribution in [0.25, 0.3) is 0 Å². The number of carboxylic acid groups (broad SMARTS) is 1. The number of aryl methyl sites for hydroxylation is 2. The Kier molecular flexibility index (Phi) is 9.47. The van der Waals surface area contributed by atoms with Gasteiger partial charge in [0.1, 0.15) is 11.8 Å². The number of carbonyl (C=O) groups is 3. The van der Waals surface area contributed by atoms with Crippen molar-refractivity contribution in [2.45, 2.75) is 76.9 Å². The van der Waals surface area contributed by atoms with Crippen molar-refractivity contribution in [2.24, 2.45) is 5.73 Å². The van der Waals surface area contributed by atoms with Crippen molar-refractivity contribution in [1.29, 1.82) is 0 Å². The number of amides is 2. The van der Waals surface area contributed by atoms with E-state index in [1.165, 1.54) is 0 Å². The van der Waals surface area contributed by atoms with Gasteiger partial charge < -0.3 is 26.2 Å². The second-order valence-corrected chi connectivity index (χ2v) is 9.70. The first kappa shape index (κ1) is 27.2. The predicted molar refractivity (Wildman–Crippen MR) is 139 cm³/mol. The van der Waals surface area contributed by atoms with Crippen molar-refractivity contribution in [3.8, 4) is 5.75 Å². The molecule has 1 saturated carbocycles. The van der Waals surface area contributed by atoms with Gasteiger partial charge >= 0.3 is 5.97 Å². The van der Waals surface area contributed by atoms with Crippen LogP contribution in [0.1, 0.15) is 61.6 Å². The van der Waals surface area contributed by atoms with Gasteiger partial charge in [-0.2, -0.15) is 0 Å². The fourth-order valence-electron chi connectivity index (χ4n) is 4.70. The number of benzene rings is 2. The minimum absolute atomic E-state index is 0.116. The summed E-state index contributed by atoms with van der Waals surface area (Å²) in [6.45, 7) is 4.46. The lowest BCUT2D eigenvalue weighted by molar-refractivity contribution is -0.146. The third-order valence-electron chi connectivity index (χ3n) is 6.48. The van der Waals surface area contributed by atoms with Crippen molar-refractivity contribution in [3.63, 3.8) is 0 Å². The van der Waals surface area contributed by atoms with E-state index in [0.717, 1.165) is 35.2 Å². The molecule has 0 aliphatic heterocycles. The maximum absolute atomic E-state index is 13.2. The molecule has 8 nitrogen and oxygen atoms in total. The second-order valence-electron chi connectivity index (χ2n) is 9.70. The van der Waals surface area contributed by atoms with Crippen LogP contribution in [0.2, 0.25) is 0 Å². The van der Waals surface area contributed by atoms with Gasteiger partial charge in [-0.1, -0.05) is 18.2 Å². The molecule has 1 atom stereocenters. The number of hydrogen-bond acceptors (Lipinski definition) is 5. The predicted octanol–water partition coefficient (Wildman–Crippen LogP) is 3.87. The van der Waals surface area contributed by atoms with Gasteiger partial charge in [0, 0.05) is 5.69 Å². The van der Waals surface area contributed by atoms with Gasteiger partial charge in [0.15, 0.2) is 5.60 Å². The van der Waals surface area contributed by atoms with Crippen LogP contribution >= 0.6 is 0 Å². The lowest BCUT2D eigenvalue weighted by atomic mass is 9.99. The Morgan fingerprint density at radius 1 is 1.03 bits per heavy atom. The first-order valence-electron chi connectivity index (χ1n) is 12.6. The monoisotopic (exact) mass is 495 g/mol. The molecule has 36 heavy (non-hydrogen) atoms. The molecule has 0 saturated heterocycles. The molecule has 5 N–H and O–H groups in total. The fourth-order valence-corrected chi connectivity index (χ4v) is 4.70.